The lowest BCUT2D eigenvalue weighted by Crippen LogP contribution is -2.48. The van der Waals surface area contributed by atoms with Crippen LogP contribution in [-0.2, 0) is 30.3 Å². The average Bonchev–Trinajstić information content (AvgIpc) is 3.08. The minimum atomic E-state index is -5.43. The number of carbonyl (C=O) groups excluding carboxylic acids is 3. The lowest BCUT2D eigenvalue weighted by molar-refractivity contribution is -0.225. The van der Waals surface area contributed by atoms with E-state index >= 15 is 0 Å². The summed E-state index contributed by atoms with van der Waals surface area (Å²) in [7, 11) is 0. The van der Waals surface area contributed by atoms with Crippen molar-refractivity contribution in [2.24, 2.45) is 17.3 Å². The Balaban J connectivity index is 1.61. The number of ether oxygens (including phenoxy) is 3. The van der Waals surface area contributed by atoms with E-state index in [0.717, 1.165) is 0 Å². The van der Waals surface area contributed by atoms with Crippen LogP contribution in [-0.4, -0.2) is 48.6 Å². The van der Waals surface area contributed by atoms with Crippen LogP contribution in [0.5, 0.6) is 5.75 Å². The van der Waals surface area contributed by atoms with Crippen molar-refractivity contribution in [3.63, 3.8) is 0 Å². The first-order valence-corrected chi connectivity index (χ1v) is 11.8. The fourth-order valence-corrected chi connectivity index (χ4v) is 6.44. The Labute approximate surface area is 214 Å². The smallest absolute Gasteiger partial charge is 0.452 e. The summed E-state index contributed by atoms with van der Waals surface area (Å²) in [6.45, 7) is 1.48. The van der Waals surface area contributed by atoms with E-state index in [1.54, 1.807) is 0 Å². The molecule has 3 aliphatic carbocycles. The highest BCUT2D eigenvalue weighted by Crippen LogP contribution is 2.62. The zero-order valence-corrected chi connectivity index (χ0v) is 20.0. The van der Waals surface area contributed by atoms with Crippen LogP contribution in [0.4, 0.5) is 39.5 Å². The lowest BCUT2D eigenvalue weighted by Gasteiger charge is -2.50. The Morgan fingerprint density at radius 2 is 1.44 bits per heavy atom. The zero-order chi connectivity index (χ0) is 29.1. The third-order valence-corrected chi connectivity index (χ3v) is 8.01. The maximum absolute atomic E-state index is 13.0. The molecule has 0 saturated heterocycles. The molecule has 39 heavy (non-hydrogen) atoms. The van der Waals surface area contributed by atoms with Crippen LogP contribution in [0, 0.1) is 17.3 Å². The molecular formula is C24H21F9O6. The first-order chi connectivity index (χ1) is 17.8. The minimum Gasteiger partial charge on any atom is -0.452 e. The number of benzene rings is 1. The lowest BCUT2D eigenvalue weighted by atomic mass is 9.55. The molecular weight excluding hydrogens is 555 g/mol. The van der Waals surface area contributed by atoms with Crippen LogP contribution in [0.1, 0.15) is 49.7 Å². The van der Waals surface area contributed by atoms with E-state index in [2.05, 4.69) is 14.2 Å². The van der Waals surface area contributed by atoms with E-state index in [0.29, 0.717) is 24.0 Å². The van der Waals surface area contributed by atoms with E-state index in [1.807, 2.05) is 0 Å². The molecule has 2 fully saturated rings. The van der Waals surface area contributed by atoms with E-state index < -0.39 is 60.0 Å². The molecule has 0 radical (unpaired) electrons. The van der Waals surface area contributed by atoms with Gasteiger partial charge in [-0.25, -0.2) is 14.4 Å². The fraction of sp³-hybridized carbons (Fsp3) is 0.625. The average molecular weight is 576 g/mol. The molecule has 3 unspecified atom stereocenters. The van der Waals surface area contributed by atoms with Crippen LogP contribution in [0.25, 0.3) is 0 Å². The summed E-state index contributed by atoms with van der Waals surface area (Å²) >= 11 is 0. The van der Waals surface area contributed by atoms with Crippen LogP contribution in [0.2, 0.25) is 0 Å². The van der Waals surface area contributed by atoms with Gasteiger partial charge in [-0.05, 0) is 73.1 Å². The van der Waals surface area contributed by atoms with Gasteiger partial charge in [-0.15, -0.1) is 0 Å². The summed E-state index contributed by atoms with van der Waals surface area (Å²) in [4.78, 5) is 34.4. The molecule has 2 saturated carbocycles. The van der Waals surface area contributed by atoms with Gasteiger partial charge in [0.15, 0.2) is 0 Å². The molecule has 6 nitrogen and oxygen atoms in total. The van der Waals surface area contributed by atoms with Gasteiger partial charge in [0, 0.05) is 5.41 Å². The standard InChI is InChI=1S/C24H21F9O6/c1-21-7-6-13-12-5-3-11(37-18(34)22(25,26)27)8-10(12)2-4-14(13)15(21)9-16(38-19(35)23(28,29)30)17(21)39-20(36)24(31,32)33/h3,5,8,13-17H,2,4,6-7,9H2,1H3/t13?,14?,15?,16-,17+,21+/m1/s1. The quantitative estimate of drug-likeness (QED) is 0.266. The van der Waals surface area contributed by atoms with Crippen molar-refractivity contribution >= 4 is 17.9 Å². The Kier molecular flexibility index (Phi) is 7.12. The highest BCUT2D eigenvalue weighted by Gasteiger charge is 2.63. The molecule has 3 aliphatic rings. The molecule has 6 atom stereocenters. The Morgan fingerprint density at radius 1 is 0.846 bits per heavy atom. The van der Waals surface area contributed by atoms with E-state index in [1.165, 1.54) is 25.1 Å². The number of rotatable bonds is 3. The van der Waals surface area contributed by atoms with Gasteiger partial charge in [-0.1, -0.05) is 13.0 Å². The highest BCUT2D eigenvalue weighted by atomic mass is 19.4. The van der Waals surface area contributed by atoms with Gasteiger partial charge in [-0.2, -0.15) is 39.5 Å². The summed E-state index contributed by atoms with van der Waals surface area (Å²) < 4.78 is 129. The van der Waals surface area contributed by atoms with Crippen LogP contribution in [0.3, 0.4) is 0 Å². The van der Waals surface area contributed by atoms with Crippen molar-refractivity contribution in [1.29, 1.82) is 0 Å². The normalized spacial score (nSPS) is 30.5. The second-order valence-electron chi connectivity index (χ2n) is 10.2. The monoisotopic (exact) mass is 576 g/mol. The molecule has 0 bridgehead atoms. The number of esters is 3. The summed E-state index contributed by atoms with van der Waals surface area (Å²) in [5.41, 5.74) is 0.0308. The summed E-state index contributed by atoms with van der Waals surface area (Å²) in [6, 6.07) is 3.94. The molecule has 0 spiro atoms. The van der Waals surface area contributed by atoms with Gasteiger partial charge in [0.05, 0.1) is 0 Å². The van der Waals surface area contributed by atoms with Crippen molar-refractivity contribution in [1.82, 2.24) is 0 Å². The van der Waals surface area contributed by atoms with Crippen molar-refractivity contribution in [2.45, 2.75) is 75.7 Å². The Hall–Kier alpha value is -3.00. The predicted octanol–water partition coefficient (Wildman–Crippen LogP) is 5.57. The van der Waals surface area contributed by atoms with E-state index in [9.17, 15) is 53.9 Å². The van der Waals surface area contributed by atoms with Crippen molar-refractivity contribution in [3.05, 3.63) is 29.3 Å². The molecule has 0 amide bonds. The zero-order valence-electron chi connectivity index (χ0n) is 20.0. The minimum absolute atomic E-state index is 0.0962. The van der Waals surface area contributed by atoms with E-state index in [-0.39, 0.29) is 36.8 Å². The molecule has 0 aliphatic heterocycles. The van der Waals surface area contributed by atoms with Gasteiger partial charge in [-0.3, -0.25) is 0 Å². The summed E-state index contributed by atoms with van der Waals surface area (Å²) in [5.74, 6) is -9.17. The van der Waals surface area contributed by atoms with Crippen molar-refractivity contribution < 1.29 is 68.1 Å². The van der Waals surface area contributed by atoms with Gasteiger partial charge in [0.25, 0.3) is 0 Å². The van der Waals surface area contributed by atoms with E-state index in [4.69, 9.17) is 0 Å². The predicted molar refractivity (Wildman–Crippen MR) is 110 cm³/mol. The summed E-state index contributed by atoms with van der Waals surface area (Å²) in [6.07, 6.45) is -18.9. The van der Waals surface area contributed by atoms with Crippen LogP contribution in [0.15, 0.2) is 18.2 Å². The van der Waals surface area contributed by atoms with Crippen LogP contribution >= 0.6 is 0 Å². The molecule has 216 valence electrons. The van der Waals surface area contributed by atoms with Gasteiger partial charge in [0.1, 0.15) is 18.0 Å². The number of halogens is 9. The molecule has 0 aromatic heterocycles. The second-order valence-corrected chi connectivity index (χ2v) is 10.2. The van der Waals surface area contributed by atoms with Crippen LogP contribution < -0.4 is 4.74 Å². The number of carbonyl (C=O) groups is 3. The molecule has 15 heteroatoms. The number of alkyl halides is 9. The fourth-order valence-electron chi connectivity index (χ4n) is 6.44. The molecule has 1 aromatic carbocycles. The third kappa shape index (κ3) is 5.53. The SMILES string of the molecule is C[C@]12CCC3c4ccc(OC(=O)C(F)(F)F)cc4CCC3C1C[C@@H](OC(=O)C(F)(F)F)[C@@H]2OC(=O)C(F)(F)F. The first-order valence-electron chi connectivity index (χ1n) is 11.8. The first kappa shape index (κ1) is 29.0. The maximum atomic E-state index is 13.0. The Bertz CT molecular complexity index is 1160. The number of hydrogen-bond donors (Lipinski definition) is 0. The molecule has 0 N–H and O–H groups in total. The highest BCUT2D eigenvalue weighted by molar-refractivity contribution is 5.78. The molecule has 1 aromatic rings. The molecule has 4 rings (SSSR count). The second kappa shape index (κ2) is 9.58. The number of aryl methyl sites for hydroxylation is 1. The molecule has 0 heterocycles. The van der Waals surface area contributed by atoms with Crippen molar-refractivity contribution in [3.8, 4) is 5.75 Å². The third-order valence-electron chi connectivity index (χ3n) is 8.01. The van der Waals surface area contributed by atoms with Gasteiger partial charge >= 0.3 is 36.4 Å². The largest absolute Gasteiger partial charge is 0.491 e. The van der Waals surface area contributed by atoms with Gasteiger partial charge in [0.2, 0.25) is 0 Å². The number of hydrogen-bond acceptors (Lipinski definition) is 6. The van der Waals surface area contributed by atoms with Crippen molar-refractivity contribution in [2.75, 3.05) is 0 Å². The summed E-state index contributed by atoms with van der Waals surface area (Å²) in [5, 5.41) is 0. The maximum Gasteiger partial charge on any atom is 0.491 e. The number of fused-ring (bicyclic) bond motifs is 5. The Morgan fingerprint density at radius 3 is 2.03 bits per heavy atom. The topological polar surface area (TPSA) is 78.9 Å². The van der Waals surface area contributed by atoms with Gasteiger partial charge < -0.3 is 14.2 Å².